The van der Waals surface area contributed by atoms with Crippen molar-refractivity contribution >= 4 is 25.1 Å². The lowest BCUT2D eigenvalue weighted by Gasteiger charge is -1.71. The van der Waals surface area contributed by atoms with Crippen LogP contribution in [0.5, 0.6) is 0 Å². The zero-order valence-corrected chi connectivity index (χ0v) is 6.21. The summed E-state index contributed by atoms with van der Waals surface area (Å²) in [6, 6.07) is 4.05. The Morgan fingerprint density at radius 2 is 2.20 bits per heavy atom. The van der Waals surface area contributed by atoms with Crippen LogP contribution in [0.25, 0.3) is 6.08 Å². The highest BCUT2D eigenvalue weighted by molar-refractivity contribution is 7.10. The van der Waals surface area contributed by atoms with Gasteiger partial charge in [0.2, 0.25) is 0 Å². The van der Waals surface area contributed by atoms with Crippen LogP contribution in [0.2, 0.25) is 0 Å². The summed E-state index contributed by atoms with van der Waals surface area (Å²) in [5, 5.41) is 16.0. The van der Waals surface area contributed by atoms with Gasteiger partial charge in [-0.05, 0) is 11.4 Å². The molecule has 10 heavy (non-hydrogen) atoms. The summed E-state index contributed by atoms with van der Waals surface area (Å²) in [6.45, 7) is 3.61. The molecule has 1 radical (unpaired) electrons. The summed E-state index contributed by atoms with van der Waals surface area (Å²) in [4.78, 5) is 1.24. The molecule has 0 amide bonds. The highest BCUT2D eigenvalue weighted by Gasteiger charge is 1.78. The van der Waals surface area contributed by atoms with Crippen molar-refractivity contribution in [3.05, 3.63) is 29.0 Å². The fraction of sp³-hybridized carbons (Fsp3) is 0. The minimum atomic E-state index is 0. The van der Waals surface area contributed by atoms with Crippen LogP contribution < -0.4 is 0 Å². The lowest BCUT2D eigenvalue weighted by atomic mass is 10.5. The van der Waals surface area contributed by atoms with Crippen molar-refractivity contribution < 1.29 is 10.0 Å². The summed E-state index contributed by atoms with van der Waals surface area (Å²) in [7, 11) is 0. The van der Waals surface area contributed by atoms with E-state index < -0.39 is 0 Å². The first-order valence-corrected chi connectivity index (χ1v) is 3.49. The standard InChI is InChI=1S/C6H6S.BH2O2/c1-2-6-4-3-5-7-6;2-1-3/h2-5H,1H2;2-3H. The first kappa shape index (κ1) is 9.42. The average Bonchev–Trinajstić information content (AvgIpc) is 2.39. The van der Waals surface area contributed by atoms with Crippen LogP contribution in [0.4, 0.5) is 0 Å². The molecule has 1 aromatic heterocycles. The van der Waals surface area contributed by atoms with E-state index in [4.69, 9.17) is 10.0 Å². The van der Waals surface area contributed by atoms with Gasteiger partial charge in [-0.3, -0.25) is 0 Å². The summed E-state index contributed by atoms with van der Waals surface area (Å²) in [6.07, 6.45) is 1.85. The van der Waals surface area contributed by atoms with Crippen molar-refractivity contribution in [2.45, 2.75) is 0 Å². The molecule has 0 fully saturated rings. The molecule has 2 N–H and O–H groups in total. The maximum atomic E-state index is 7.00. The third-order valence-electron chi connectivity index (χ3n) is 0.744. The van der Waals surface area contributed by atoms with E-state index in [0.717, 1.165) is 0 Å². The molecule has 1 aromatic rings. The molecule has 0 saturated carbocycles. The van der Waals surface area contributed by atoms with Gasteiger partial charge in [0.25, 0.3) is 0 Å². The number of thiophene rings is 1. The van der Waals surface area contributed by atoms with Gasteiger partial charge in [0, 0.05) is 4.88 Å². The van der Waals surface area contributed by atoms with Gasteiger partial charge < -0.3 is 10.0 Å². The average molecular weight is 155 g/mol. The zero-order chi connectivity index (χ0) is 7.82. The third-order valence-corrected chi connectivity index (χ3v) is 1.61. The molecular formula is C6H8BO2S. The molecule has 0 bridgehead atoms. The number of hydrogen-bond donors (Lipinski definition) is 2. The van der Waals surface area contributed by atoms with Crippen molar-refractivity contribution in [1.82, 2.24) is 0 Å². The van der Waals surface area contributed by atoms with E-state index in [0.29, 0.717) is 0 Å². The smallest absolute Gasteiger partial charge is 0.429 e. The highest BCUT2D eigenvalue weighted by Crippen LogP contribution is 2.07. The Kier molecular flexibility index (Phi) is 6.17. The van der Waals surface area contributed by atoms with Crippen molar-refractivity contribution in [2.75, 3.05) is 0 Å². The molecule has 2 nitrogen and oxygen atoms in total. The predicted octanol–water partition coefficient (Wildman–Crippen LogP) is 0.896. The Hall–Kier alpha value is -0.575. The number of rotatable bonds is 1. The Labute approximate surface area is 64.8 Å². The minimum absolute atomic E-state index is 0. The van der Waals surface area contributed by atoms with Crippen molar-refractivity contribution in [1.29, 1.82) is 0 Å². The Balaban J connectivity index is 0.000000236. The van der Waals surface area contributed by atoms with Gasteiger partial charge in [0.1, 0.15) is 0 Å². The van der Waals surface area contributed by atoms with Crippen LogP contribution in [0.1, 0.15) is 4.88 Å². The molecule has 1 heterocycles. The second-order valence-corrected chi connectivity index (χ2v) is 2.31. The fourth-order valence-corrected chi connectivity index (χ4v) is 0.975. The van der Waals surface area contributed by atoms with E-state index in [2.05, 4.69) is 6.58 Å². The Morgan fingerprint density at radius 3 is 2.40 bits per heavy atom. The van der Waals surface area contributed by atoms with Gasteiger partial charge in [-0.25, -0.2) is 0 Å². The second-order valence-electron chi connectivity index (χ2n) is 1.34. The molecule has 53 valence electrons. The normalized spacial score (nSPS) is 7.40. The Morgan fingerprint density at radius 1 is 1.60 bits per heavy atom. The van der Waals surface area contributed by atoms with Crippen molar-refractivity contribution in [3.63, 3.8) is 0 Å². The zero-order valence-electron chi connectivity index (χ0n) is 5.40. The molecule has 0 aliphatic rings. The quantitative estimate of drug-likeness (QED) is 0.591. The predicted molar refractivity (Wildman–Crippen MR) is 44.6 cm³/mol. The van der Waals surface area contributed by atoms with Gasteiger partial charge >= 0.3 is 7.69 Å². The van der Waals surface area contributed by atoms with Crippen LogP contribution in [0, 0.1) is 0 Å². The van der Waals surface area contributed by atoms with Crippen LogP contribution >= 0.6 is 11.3 Å². The molecule has 0 aliphatic heterocycles. The lowest BCUT2D eigenvalue weighted by molar-refractivity contribution is 0.448. The van der Waals surface area contributed by atoms with E-state index >= 15 is 0 Å². The highest BCUT2D eigenvalue weighted by atomic mass is 32.1. The molecule has 0 spiro atoms. The monoisotopic (exact) mass is 155 g/mol. The molecular weight excluding hydrogens is 147 g/mol. The fourth-order valence-electron chi connectivity index (χ4n) is 0.407. The van der Waals surface area contributed by atoms with Gasteiger partial charge in [-0.2, -0.15) is 0 Å². The van der Waals surface area contributed by atoms with Crippen molar-refractivity contribution in [2.24, 2.45) is 0 Å². The molecule has 1 rings (SSSR count). The first-order valence-electron chi connectivity index (χ1n) is 2.61. The van der Waals surface area contributed by atoms with Gasteiger partial charge in [0.15, 0.2) is 0 Å². The lowest BCUT2D eigenvalue weighted by Crippen LogP contribution is -1.75. The molecule has 0 saturated heterocycles. The maximum Gasteiger partial charge on any atom is 0.482 e. The summed E-state index contributed by atoms with van der Waals surface area (Å²) in [5.41, 5.74) is 0. The first-order chi connectivity index (χ1) is 4.85. The molecule has 0 unspecified atom stereocenters. The van der Waals surface area contributed by atoms with Crippen LogP contribution in [0.3, 0.4) is 0 Å². The molecule has 0 aromatic carbocycles. The molecule has 4 heteroatoms. The Bertz CT molecular complexity index is 162. The van der Waals surface area contributed by atoms with Crippen LogP contribution in [-0.2, 0) is 0 Å². The van der Waals surface area contributed by atoms with Gasteiger partial charge in [0.05, 0.1) is 0 Å². The molecule has 0 aliphatic carbocycles. The van der Waals surface area contributed by atoms with E-state index in [1.807, 2.05) is 23.6 Å². The summed E-state index contributed by atoms with van der Waals surface area (Å²) >= 11 is 1.70. The van der Waals surface area contributed by atoms with Gasteiger partial charge in [-0.15, -0.1) is 11.3 Å². The van der Waals surface area contributed by atoms with E-state index in [-0.39, 0.29) is 7.69 Å². The second kappa shape index (κ2) is 6.54. The van der Waals surface area contributed by atoms with Crippen LogP contribution in [0.15, 0.2) is 24.1 Å². The maximum absolute atomic E-state index is 7.00. The SMILES string of the molecule is C=Cc1cccs1.O[B]O. The van der Waals surface area contributed by atoms with E-state index in [9.17, 15) is 0 Å². The van der Waals surface area contributed by atoms with Gasteiger partial charge in [-0.1, -0.05) is 18.7 Å². The topological polar surface area (TPSA) is 40.5 Å². The van der Waals surface area contributed by atoms with E-state index in [1.54, 1.807) is 11.3 Å². The number of hydrogen-bond acceptors (Lipinski definition) is 3. The summed E-state index contributed by atoms with van der Waals surface area (Å²) < 4.78 is 0. The largest absolute Gasteiger partial charge is 0.482 e. The summed E-state index contributed by atoms with van der Waals surface area (Å²) in [5.74, 6) is 0. The van der Waals surface area contributed by atoms with E-state index in [1.165, 1.54) is 4.88 Å². The minimum Gasteiger partial charge on any atom is -0.429 e. The third kappa shape index (κ3) is 4.32. The van der Waals surface area contributed by atoms with Crippen molar-refractivity contribution in [3.8, 4) is 0 Å². The molecule has 0 atom stereocenters. The van der Waals surface area contributed by atoms with Crippen LogP contribution in [-0.4, -0.2) is 17.7 Å².